The standard InChI is InChI=1S/C11H15ClO2S/c1-11(6-2-3-7-14-11)10(13)8-4-5-9(12)15-8/h4-5,10,13H,2-3,6-7H2,1H3. The Morgan fingerprint density at radius 3 is 2.87 bits per heavy atom. The quantitative estimate of drug-likeness (QED) is 0.867. The minimum Gasteiger partial charge on any atom is -0.385 e. The number of hydrogen-bond donors (Lipinski definition) is 1. The summed E-state index contributed by atoms with van der Waals surface area (Å²) in [5, 5.41) is 10.2. The Morgan fingerprint density at radius 1 is 1.53 bits per heavy atom. The van der Waals surface area contributed by atoms with Gasteiger partial charge in [-0.3, -0.25) is 0 Å². The third kappa shape index (κ3) is 2.36. The molecule has 2 heterocycles. The Bertz CT molecular complexity index is 331. The van der Waals surface area contributed by atoms with Crippen molar-refractivity contribution in [2.24, 2.45) is 0 Å². The molecule has 15 heavy (non-hydrogen) atoms. The normalized spacial score (nSPS) is 29.0. The Hall–Kier alpha value is -0.0900. The fourth-order valence-electron chi connectivity index (χ4n) is 1.95. The maximum atomic E-state index is 10.2. The lowest BCUT2D eigenvalue weighted by molar-refractivity contribution is -0.137. The van der Waals surface area contributed by atoms with E-state index in [9.17, 15) is 5.11 Å². The highest BCUT2D eigenvalue weighted by atomic mass is 35.5. The molecule has 2 rings (SSSR count). The van der Waals surface area contributed by atoms with Crippen LogP contribution in [0.4, 0.5) is 0 Å². The van der Waals surface area contributed by atoms with Gasteiger partial charge in [0, 0.05) is 11.5 Å². The van der Waals surface area contributed by atoms with Crippen molar-refractivity contribution >= 4 is 22.9 Å². The van der Waals surface area contributed by atoms with Gasteiger partial charge in [-0.25, -0.2) is 0 Å². The van der Waals surface area contributed by atoms with E-state index in [2.05, 4.69) is 0 Å². The molecule has 1 aliphatic heterocycles. The zero-order chi connectivity index (χ0) is 10.9. The lowest BCUT2D eigenvalue weighted by Gasteiger charge is -2.37. The Labute approximate surface area is 98.8 Å². The van der Waals surface area contributed by atoms with Crippen LogP contribution in [0.2, 0.25) is 4.34 Å². The SMILES string of the molecule is CC1(C(O)c2ccc(Cl)s2)CCCCO1. The smallest absolute Gasteiger partial charge is 0.117 e. The van der Waals surface area contributed by atoms with Crippen LogP contribution in [0.15, 0.2) is 12.1 Å². The number of aliphatic hydroxyl groups excluding tert-OH is 1. The van der Waals surface area contributed by atoms with Crippen LogP contribution in [0.3, 0.4) is 0 Å². The number of thiophene rings is 1. The first-order chi connectivity index (χ1) is 7.12. The Morgan fingerprint density at radius 2 is 2.33 bits per heavy atom. The number of aliphatic hydroxyl groups is 1. The van der Waals surface area contributed by atoms with Crippen LogP contribution in [0.5, 0.6) is 0 Å². The second kappa shape index (κ2) is 4.42. The Balaban J connectivity index is 2.15. The number of hydrogen-bond acceptors (Lipinski definition) is 3. The molecule has 4 heteroatoms. The minimum absolute atomic E-state index is 0.438. The predicted molar refractivity (Wildman–Crippen MR) is 62.5 cm³/mol. The minimum atomic E-state index is -0.560. The summed E-state index contributed by atoms with van der Waals surface area (Å²) in [6.45, 7) is 2.72. The lowest BCUT2D eigenvalue weighted by Crippen LogP contribution is -2.38. The largest absolute Gasteiger partial charge is 0.385 e. The molecule has 2 unspecified atom stereocenters. The van der Waals surface area contributed by atoms with Gasteiger partial charge in [0.05, 0.1) is 9.94 Å². The van der Waals surface area contributed by atoms with Crippen molar-refractivity contribution in [2.75, 3.05) is 6.61 Å². The molecule has 2 nitrogen and oxygen atoms in total. The number of ether oxygens (including phenoxy) is 1. The first-order valence-corrected chi connectivity index (χ1v) is 6.38. The molecule has 1 fully saturated rings. The van der Waals surface area contributed by atoms with E-state index in [0.717, 1.165) is 30.7 Å². The van der Waals surface area contributed by atoms with Crippen LogP contribution in [0.1, 0.15) is 37.2 Å². The third-order valence-corrected chi connectivity index (χ3v) is 4.22. The molecular weight excluding hydrogens is 232 g/mol. The molecule has 1 N–H and O–H groups in total. The van der Waals surface area contributed by atoms with Crippen LogP contribution in [-0.4, -0.2) is 17.3 Å². The van der Waals surface area contributed by atoms with Crippen molar-refractivity contribution in [3.05, 3.63) is 21.3 Å². The lowest BCUT2D eigenvalue weighted by atomic mass is 9.89. The first-order valence-electron chi connectivity index (χ1n) is 5.19. The first kappa shape index (κ1) is 11.4. The van der Waals surface area contributed by atoms with E-state index < -0.39 is 11.7 Å². The summed E-state index contributed by atoms with van der Waals surface area (Å²) in [4.78, 5) is 0.893. The summed E-state index contributed by atoms with van der Waals surface area (Å²) in [5.41, 5.74) is -0.438. The molecule has 0 radical (unpaired) electrons. The molecule has 1 aliphatic rings. The van der Waals surface area contributed by atoms with Gasteiger partial charge in [-0.15, -0.1) is 11.3 Å². The van der Waals surface area contributed by atoms with Gasteiger partial charge < -0.3 is 9.84 Å². The van der Waals surface area contributed by atoms with E-state index in [4.69, 9.17) is 16.3 Å². The van der Waals surface area contributed by atoms with Crippen LogP contribution in [0, 0.1) is 0 Å². The molecule has 0 amide bonds. The highest BCUT2D eigenvalue weighted by Crippen LogP contribution is 2.39. The van der Waals surface area contributed by atoms with Crippen LogP contribution in [0.25, 0.3) is 0 Å². The molecule has 2 atom stereocenters. The topological polar surface area (TPSA) is 29.5 Å². The van der Waals surface area contributed by atoms with Gasteiger partial charge in [-0.05, 0) is 38.3 Å². The molecule has 1 aromatic rings. The van der Waals surface area contributed by atoms with Gasteiger partial charge in [0.15, 0.2) is 0 Å². The number of rotatable bonds is 2. The van der Waals surface area contributed by atoms with Gasteiger partial charge in [-0.1, -0.05) is 11.6 Å². The Kier molecular flexibility index (Phi) is 3.36. The molecular formula is C11H15ClO2S. The molecule has 0 aliphatic carbocycles. The van der Waals surface area contributed by atoms with Gasteiger partial charge >= 0.3 is 0 Å². The highest BCUT2D eigenvalue weighted by molar-refractivity contribution is 7.16. The fourth-order valence-corrected chi connectivity index (χ4v) is 3.14. The van der Waals surface area contributed by atoms with Gasteiger partial charge in [0.2, 0.25) is 0 Å². The summed E-state index contributed by atoms with van der Waals surface area (Å²) >= 11 is 7.28. The van der Waals surface area contributed by atoms with E-state index in [-0.39, 0.29) is 0 Å². The summed E-state index contributed by atoms with van der Waals surface area (Å²) in [7, 11) is 0. The second-order valence-corrected chi connectivity index (χ2v) is 5.91. The summed E-state index contributed by atoms with van der Waals surface area (Å²) < 4.78 is 6.42. The van der Waals surface area contributed by atoms with Gasteiger partial charge in [0.1, 0.15) is 6.10 Å². The summed E-state index contributed by atoms with van der Waals surface area (Å²) in [6.07, 6.45) is 2.56. The van der Waals surface area contributed by atoms with Gasteiger partial charge in [-0.2, -0.15) is 0 Å². The third-order valence-electron chi connectivity index (χ3n) is 2.94. The van der Waals surface area contributed by atoms with E-state index in [1.165, 1.54) is 11.3 Å². The van der Waals surface area contributed by atoms with Gasteiger partial charge in [0.25, 0.3) is 0 Å². The average Bonchev–Trinajstić information content (AvgIpc) is 2.65. The van der Waals surface area contributed by atoms with Crippen LogP contribution >= 0.6 is 22.9 Å². The van der Waals surface area contributed by atoms with E-state index >= 15 is 0 Å². The van der Waals surface area contributed by atoms with Crippen molar-refractivity contribution in [3.63, 3.8) is 0 Å². The average molecular weight is 247 g/mol. The van der Waals surface area contributed by atoms with Crippen LogP contribution < -0.4 is 0 Å². The van der Waals surface area contributed by atoms with Crippen molar-refractivity contribution in [1.29, 1.82) is 0 Å². The molecule has 1 aromatic heterocycles. The van der Waals surface area contributed by atoms with E-state index in [1.807, 2.05) is 19.1 Å². The van der Waals surface area contributed by atoms with E-state index in [0.29, 0.717) is 4.34 Å². The van der Waals surface area contributed by atoms with Crippen molar-refractivity contribution in [1.82, 2.24) is 0 Å². The highest BCUT2D eigenvalue weighted by Gasteiger charge is 2.37. The van der Waals surface area contributed by atoms with Crippen LogP contribution in [-0.2, 0) is 4.74 Å². The van der Waals surface area contributed by atoms with E-state index in [1.54, 1.807) is 0 Å². The van der Waals surface area contributed by atoms with Crippen molar-refractivity contribution in [3.8, 4) is 0 Å². The van der Waals surface area contributed by atoms with Crippen molar-refractivity contribution in [2.45, 2.75) is 37.9 Å². The molecule has 1 saturated heterocycles. The zero-order valence-electron chi connectivity index (χ0n) is 8.70. The molecule has 84 valence electrons. The predicted octanol–water partition coefficient (Wildman–Crippen LogP) is 3.39. The molecule has 0 bridgehead atoms. The maximum absolute atomic E-state index is 10.2. The zero-order valence-corrected chi connectivity index (χ0v) is 10.3. The number of halogens is 1. The molecule has 0 aromatic carbocycles. The summed E-state index contributed by atoms with van der Waals surface area (Å²) in [5.74, 6) is 0. The maximum Gasteiger partial charge on any atom is 0.117 e. The fraction of sp³-hybridized carbons (Fsp3) is 0.636. The molecule has 0 saturated carbocycles. The van der Waals surface area contributed by atoms with Crippen molar-refractivity contribution < 1.29 is 9.84 Å². The molecule has 0 spiro atoms. The monoisotopic (exact) mass is 246 g/mol. The second-order valence-electron chi connectivity index (χ2n) is 4.16. The summed E-state index contributed by atoms with van der Waals surface area (Å²) in [6, 6.07) is 3.69.